The van der Waals surface area contributed by atoms with Crippen molar-refractivity contribution in [3.8, 4) is 11.8 Å². The summed E-state index contributed by atoms with van der Waals surface area (Å²) in [5, 5.41) is 14.9. The molecule has 3 fully saturated rings. The molecular weight excluding hydrogens is 450 g/mol. The molecule has 6 unspecified atom stereocenters. The highest BCUT2D eigenvalue weighted by Crippen LogP contribution is 2.62. The van der Waals surface area contributed by atoms with Gasteiger partial charge in [-0.1, -0.05) is 5.16 Å². The van der Waals surface area contributed by atoms with Gasteiger partial charge in [-0.3, -0.25) is 9.59 Å². The van der Waals surface area contributed by atoms with Crippen molar-refractivity contribution in [2.24, 2.45) is 34.7 Å². The molecule has 3 heterocycles. The first-order valence-corrected chi connectivity index (χ1v) is 12.7. The van der Waals surface area contributed by atoms with E-state index in [4.69, 9.17) is 9.57 Å². The van der Waals surface area contributed by atoms with E-state index in [1.165, 1.54) is 16.2 Å². The van der Waals surface area contributed by atoms with Crippen molar-refractivity contribution in [2.75, 3.05) is 12.0 Å². The third kappa shape index (κ3) is 2.48. The number of ether oxygens (including phenoxy) is 1. The maximum atomic E-state index is 13.8. The van der Waals surface area contributed by atoms with Crippen LogP contribution in [-0.2, 0) is 27.3 Å². The molecule has 2 amide bonds. The Kier molecular flexibility index (Phi) is 4.26. The van der Waals surface area contributed by atoms with Gasteiger partial charge in [0, 0.05) is 22.3 Å². The van der Waals surface area contributed by atoms with Gasteiger partial charge in [0.25, 0.3) is 0 Å². The van der Waals surface area contributed by atoms with Crippen molar-refractivity contribution in [3.63, 3.8) is 0 Å². The van der Waals surface area contributed by atoms with Crippen LogP contribution in [0.5, 0.6) is 5.75 Å². The Hall–Kier alpha value is -3.18. The molecule has 0 N–H and O–H groups in total. The molecule has 1 aromatic heterocycles. The van der Waals surface area contributed by atoms with Gasteiger partial charge < -0.3 is 9.57 Å². The predicted molar refractivity (Wildman–Crippen MR) is 125 cm³/mol. The van der Waals surface area contributed by atoms with Crippen LogP contribution in [0.15, 0.2) is 29.4 Å². The minimum atomic E-state index is -0.380. The predicted octanol–water partition coefficient (Wildman–Crippen LogP) is 3.68. The van der Waals surface area contributed by atoms with Crippen LogP contribution >= 0.6 is 11.3 Å². The molecule has 2 aromatic rings. The van der Waals surface area contributed by atoms with Crippen LogP contribution in [0.1, 0.15) is 40.8 Å². The quantitative estimate of drug-likeness (QED) is 0.634. The first kappa shape index (κ1) is 20.2. The van der Waals surface area contributed by atoms with Crippen LogP contribution in [0.4, 0.5) is 5.00 Å². The molecule has 7 rings (SSSR count). The molecule has 1 aromatic carbocycles. The average molecular weight is 474 g/mol. The standard InChI is InChI=1S/C26H23N3O4S/c1-32-13-8-6-12(7-9-13)22-21-15-10-16(23(21)33-28-22)20-19(15)24(30)29(25(20)31)26-17(11-27)14-4-2-3-5-18(14)34-26/h6-9,15-16,19-21,23H,2-5,10H2,1H3. The second kappa shape index (κ2) is 7.16. The smallest absolute Gasteiger partial charge is 0.238 e. The van der Waals surface area contributed by atoms with E-state index in [0.29, 0.717) is 10.6 Å². The molecule has 5 aliphatic rings. The van der Waals surface area contributed by atoms with Crippen molar-refractivity contribution in [1.29, 1.82) is 5.26 Å². The zero-order valence-electron chi connectivity index (χ0n) is 18.7. The van der Waals surface area contributed by atoms with Crippen LogP contribution in [-0.4, -0.2) is 30.7 Å². The summed E-state index contributed by atoms with van der Waals surface area (Å²) < 4.78 is 5.27. The number of imide groups is 1. The zero-order valence-corrected chi connectivity index (χ0v) is 19.5. The fourth-order valence-electron chi connectivity index (χ4n) is 7.15. The molecule has 0 radical (unpaired) electrons. The lowest BCUT2D eigenvalue weighted by Crippen LogP contribution is -2.41. The van der Waals surface area contributed by atoms with Gasteiger partial charge in [-0.15, -0.1) is 11.3 Å². The van der Waals surface area contributed by atoms with Gasteiger partial charge in [0.2, 0.25) is 11.8 Å². The second-order valence-corrected chi connectivity index (χ2v) is 11.0. The molecule has 2 saturated carbocycles. The van der Waals surface area contributed by atoms with Crippen LogP contribution in [0.2, 0.25) is 0 Å². The van der Waals surface area contributed by atoms with Crippen LogP contribution in [0, 0.1) is 40.9 Å². The third-order valence-corrected chi connectivity index (χ3v) is 9.82. The zero-order chi connectivity index (χ0) is 23.1. The molecule has 3 aliphatic carbocycles. The number of fused-ring (bicyclic) bond motifs is 9. The number of rotatable bonds is 3. The highest BCUT2D eigenvalue weighted by molar-refractivity contribution is 7.17. The lowest BCUT2D eigenvalue weighted by molar-refractivity contribution is -0.125. The van der Waals surface area contributed by atoms with E-state index in [2.05, 4.69) is 11.2 Å². The van der Waals surface area contributed by atoms with Crippen LogP contribution < -0.4 is 9.64 Å². The monoisotopic (exact) mass is 473 g/mol. The molecule has 0 spiro atoms. The van der Waals surface area contributed by atoms with Gasteiger partial charge in [-0.05, 0) is 67.9 Å². The van der Waals surface area contributed by atoms with Crippen molar-refractivity contribution in [2.45, 2.75) is 38.2 Å². The van der Waals surface area contributed by atoms with Crippen LogP contribution in [0.3, 0.4) is 0 Å². The van der Waals surface area contributed by atoms with Gasteiger partial charge in [-0.25, -0.2) is 4.90 Å². The molecule has 2 aliphatic heterocycles. The Morgan fingerprint density at radius 1 is 1.09 bits per heavy atom. The maximum absolute atomic E-state index is 13.8. The highest BCUT2D eigenvalue weighted by Gasteiger charge is 2.70. The minimum absolute atomic E-state index is 0.00308. The number of nitrogens with zero attached hydrogens (tertiary/aromatic N) is 3. The first-order valence-electron chi connectivity index (χ1n) is 11.9. The van der Waals surface area contributed by atoms with E-state index in [1.54, 1.807) is 7.11 Å². The third-order valence-electron chi connectivity index (χ3n) is 8.54. The van der Waals surface area contributed by atoms with Crippen molar-refractivity contribution >= 4 is 33.9 Å². The van der Waals surface area contributed by atoms with Gasteiger partial charge in [0.15, 0.2) is 0 Å². The van der Waals surface area contributed by atoms with E-state index in [1.807, 2.05) is 24.3 Å². The van der Waals surface area contributed by atoms with Gasteiger partial charge in [-0.2, -0.15) is 5.26 Å². The number of carbonyl (C=O) groups excluding carboxylic acids is 2. The fourth-order valence-corrected chi connectivity index (χ4v) is 8.50. The summed E-state index contributed by atoms with van der Waals surface area (Å²) >= 11 is 1.47. The number of aryl methyl sites for hydroxylation is 1. The van der Waals surface area contributed by atoms with E-state index in [0.717, 1.165) is 59.6 Å². The SMILES string of the molecule is COc1ccc(C2=NOC3C4CC(C23)C2C(=O)N(c3sc5c(c3C#N)CCCC5)C(=O)C42)cc1. The molecule has 2 bridgehead atoms. The summed E-state index contributed by atoms with van der Waals surface area (Å²) in [6.07, 6.45) is 4.53. The summed E-state index contributed by atoms with van der Waals surface area (Å²) in [6.45, 7) is 0. The normalized spacial score (nSPS) is 32.7. The van der Waals surface area contributed by atoms with Gasteiger partial charge in [0.05, 0.1) is 30.2 Å². The highest BCUT2D eigenvalue weighted by atomic mass is 32.1. The number of methoxy groups -OCH3 is 1. The lowest BCUT2D eigenvalue weighted by Gasteiger charge is -2.29. The van der Waals surface area contributed by atoms with Crippen molar-refractivity contribution in [1.82, 2.24) is 0 Å². The van der Waals surface area contributed by atoms with Gasteiger partial charge >= 0.3 is 0 Å². The van der Waals surface area contributed by atoms with E-state index in [-0.39, 0.29) is 47.5 Å². The Morgan fingerprint density at radius 3 is 2.56 bits per heavy atom. The summed E-state index contributed by atoms with van der Waals surface area (Å²) in [5.41, 5.74) is 3.40. The Balaban J connectivity index is 1.24. The number of anilines is 1. The maximum Gasteiger partial charge on any atom is 0.238 e. The van der Waals surface area contributed by atoms with Crippen molar-refractivity contribution < 1.29 is 19.2 Å². The second-order valence-electron chi connectivity index (χ2n) is 9.93. The van der Waals surface area contributed by atoms with Gasteiger partial charge in [0.1, 0.15) is 22.9 Å². The molecule has 8 heteroatoms. The summed E-state index contributed by atoms with van der Waals surface area (Å²) in [5.74, 6) is -0.278. The molecule has 34 heavy (non-hydrogen) atoms. The summed E-state index contributed by atoms with van der Waals surface area (Å²) in [4.78, 5) is 35.9. The number of nitriles is 1. The molecule has 1 saturated heterocycles. The van der Waals surface area contributed by atoms with Crippen molar-refractivity contribution in [3.05, 3.63) is 45.8 Å². The lowest BCUT2D eigenvalue weighted by atomic mass is 9.71. The first-order chi connectivity index (χ1) is 16.6. The fraction of sp³-hybridized carbons (Fsp3) is 0.462. The summed E-state index contributed by atoms with van der Waals surface area (Å²) in [7, 11) is 1.63. The Morgan fingerprint density at radius 2 is 1.82 bits per heavy atom. The molecule has 7 nitrogen and oxygen atoms in total. The summed E-state index contributed by atoms with van der Waals surface area (Å²) in [6, 6.07) is 10.0. The topological polar surface area (TPSA) is 92.0 Å². The van der Waals surface area contributed by atoms with Crippen LogP contribution in [0.25, 0.3) is 0 Å². The number of thiophene rings is 1. The Labute approximate surface area is 200 Å². The number of benzene rings is 1. The number of hydrogen-bond donors (Lipinski definition) is 0. The molecular formula is C26H23N3O4S. The van der Waals surface area contributed by atoms with E-state index < -0.39 is 0 Å². The number of oxime groups is 1. The number of hydrogen-bond acceptors (Lipinski definition) is 7. The molecule has 6 atom stereocenters. The van der Waals surface area contributed by atoms with E-state index in [9.17, 15) is 14.9 Å². The average Bonchev–Trinajstić information content (AvgIpc) is 3.65. The number of carbonyl (C=O) groups is 2. The van der Waals surface area contributed by atoms with E-state index >= 15 is 0 Å². The number of amides is 2. The largest absolute Gasteiger partial charge is 0.497 e. The molecule has 172 valence electrons. The Bertz CT molecular complexity index is 1310. The minimum Gasteiger partial charge on any atom is -0.497 e.